The molecule has 0 aromatic carbocycles. The Balaban J connectivity index is 1.44. The van der Waals surface area contributed by atoms with Crippen LogP contribution in [0.3, 0.4) is 0 Å². The number of hydrogen-bond donors (Lipinski definition) is 2. The van der Waals surface area contributed by atoms with Crippen molar-refractivity contribution in [2.24, 2.45) is 0 Å². The Kier molecular flexibility index (Phi) is 3.75. The van der Waals surface area contributed by atoms with Crippen molar-refractivity contribution in [3.63, 3.8) is 0 Å². The number of H-pyrrole nitrogens is 1. The number of anilines is 1. The van der Waals surface area contributed by atoms with Crippen LogP contribution >= 0.6 is 0 Å². The summed E-state index contributed by atoms with van der Waals surface area (Å²) < 4.78 is 1.96. The summed E-state index contributed by atoms with van der Waals surface area (Å²) in [6.07, 6.45) is 7.13. The summed E-state index contributed by atoms with van der Waals surface area (Å²) in [4.78, 5) is 25.7. The van der Waals surface area contributed by atoms with Crippen LogP contribution in [0.5, 0.6) is 0 Å². The molecule has 0 bridgehead atoms. The van der Waals surface area contributed by atoms with Gasteiger partial charge in [0.1, 0.15) is 11.5 Å². The standard InChI is InChI=1S/C19H20N8O/c1-11-24-25-16-5-3-12(9-27(11)16)14-7-20-18-15(14)8-21-19(23-18)22-13-4-6-17(28)26(2)10-13/h3,5,7-9,13H,4,6,10H2,1-2H3,(H2,20,21,22,23)/t13-/m1/s1. The monoisotopic (exact) mass is 376 g/mol. The van der Waals surface area contributed by atoms with Gasteiger partial charge in [0.05, 0.1) is 0 Å². The van der Waals surface area contributed by atoms with Gasteiger partial charge in [-0.15, -0.1) is 10.2 Å². The average Bonchev–Trinajstić information content (AvgIpc) is 3.28. The molecule has 4 aromatic heterocycles. The van der Waals surface area contributed by atoms with E-state index >= 15 is 0 Å². The van der Waals surface area contributed by atoms with Crippen LogP contribution in [0.15, 0.2) is 30.7 Å². The lowest BCUT2D eigenvalue weighted by Crippen LogP contribution is -2.43. The largest absolute Gasteiger partial charge is 0.350 e. The number of rotatable bonds is 3. The summed E-state index contributed by atoms with van der Waals surface area (Å²) >= 11 is 0. The first-order valence-corrected chi connectivity index (χ1v) is 9.25. The highest BCUT2D eigenvalue weighted by molar-refractivity contribution is 5.93. The summed E-state index contributed by atoms with van der Waals surface area (Å²) in [5.41, 5.74) is 3.66. The number of fused-ring (bicyclic) bond motifs is 2. The number of nitrogens with one attached hydrogen (secondary N) is 2. The molecule has 0 saturated carbocycles. The molecule has 142 valence electrons. The van der Waals surface area contributed by atoms with Crippen LogP contribution in [0, 0.1) is 6.92 Å². The Bertz CT molecular complexity index is 1190. The number of amides is 1. The minimum Gasteiger partial charge on any atom is -0.350 e. The van der Waals surface area contributed by atoms with Crippen molar-refractivity contribution in [1.82, 2.24) is 34.4 Å². The van der Waals surface area contributed by atoms with Crippen LogP contribution in [-0.4, -0.2) is 60.0 Å². The van der Waals surface area contributed by atoms with Crippen molar-refractivity contribution in [3.05, 3.63) is 36.5 Å². The van der Waals surface area contributed by atoms with E-state index in [4.69, 9.17) is 0 Å². The van der Waals surface area contributed by atoms with E-state index in [1.165, 1.54) is 0 Å². The first-order chi connectivity index (χ1) is 13.6. The molecule has 0 aliphatic carbocycles. The minimum absolute atomic E-state index is 0.161. The predicted octanol–water partition coefficient (Wildman–Crippen LogP) is 2.01. The van der Waals surface area contributed by atoms with Crippen LogP contribution in [0.1, 0.15) is 18.7 Å². The molecular weight excluding hydrogens is 356 g/mol. The average molecular weight is 376 g/mol. The number of likely N-dealkylation sites (N-methyl/N-ethyl adjacent to an activating group) is 1. The fourth-order valence-corrected chi connectivity index (χ4v) is 3.69. The Labute approximate surface area is 160 Å². The third-order valence-corrected chi connectivity index (χ3v) is 5.28. The van der Waals surface area contributed by atoms with E-state index in [9.17, 15) is 4.79 Å². The van der Waals surface area contributed by atoms with Gasteiger partial charge in [0, 0.05) is 61.2 Å². The zero-order valence-electron chi connectivity index (χ0n) is 15.7. The zero-order chi connectivity index (χ0) is 19.3. The maximum absolute atomic E-state index is 11.6. The number of aromatic amines is 1. The number of piperidine rings is 1. The maximum atomic E-state index is 11.6. The number of hydrogen-bond acceptors (Lipinski definition) is 6. The van der Waals surface area contributed by atoms with E-state index in [0.717, 1.165) is 40.1 Å². The Morgan fingerprint density at radius 1 is 1.29 bits per heavy atom. The van der Waals surface area contributed by atoms with Gasteiger partial charge in [-0.2, -0.15) is 4.98 Å². The van der Waals surface area contributed by atoms with Crippen LogP contribution in [0.25, 0.3) is 27.8 Å². The molecule has 1 amide bonds. The van der Waals surface area contributed by atoms with E-state index in [1.54, 1.807) is 4.90 Å². The molecular formula is C19H20N8O. The molecule has 9 heteroatoms. The normalized spacial score (nSPS) is 17.6. The summed E-state index contributed by atoms with van der Waals surface area (Å²) in [6.45, 7) is 2.59. The predicted molar refractivity (Wildman–Crippen MR) is 105 cm³/mol. The first-order valence-electron chi connectivity index (χ1n) is 9.25. The van der Waals surface area contributed by atoms with Gasteiger partial charge in [0.25, 0.3) is 0 Å². The first kappa shape index (κ1) is 16.7. The number of nitrogens with zero attached hydrogens (tertiary/aromatic N) is 6. The molecule has 1 aliphatic rings. The molecule has 0 unspecified atom stereocenters. The fourth-order valence-electron chi connectivity index (χ4n) is 3.69. The van der Waals surface area contributed by atoms with Gasteiger partial charge in [-0.05, 0) is 25.5 Å². The van der Waals surface area contributed by atoms with Crippen LogP contribution in [0.4, 0.5) is 5.95 Å². The number of carbonyl (C=O) groups excluding carboxylic acids is 1. The van der Waals surface area contributed by atoms with Gasteiger partial charge < -0.3 is 15.2 Å². The van der Waals surface area contributed by atoms with Crippen molar-refractivity contribution in [3.8, 4) is 11.1 Å². The number of pyridine rings is 1. The number of aryl methyl sites for hydroxylation is 1. The van der Waals surface area contributed by atoms with Crippen molar-refractivity contribution >= 4 is 28.5 Å². The smallest absolute Gasteiger partial charge is 0.224 e. The Hall–Kier alpha value is -3.49. The van der Waals surface area contributed by atoms with E-state index in [-0.39, 0.29) is 11.9 Å². The van der Waals surface area contributed by atoms with Gasteiger partial charge >= 0.3 is 0 Å². The van der Waals surface area contributed by atoms with Crippen molar-refractivity contribution in [2.75, 3.05) is 18.9 Å². The van der Waals surface area contributed by atoms with Gasteiger partial charge in [-0.25, -0.2) is 4.98 Å². The number of aromatic nitrogens is 6. The minimum atomic E-state index is 0.161. The van der Waals surface area contributed by atoms with Crippen molar-refractivity contribution in [1.29, 1.82) is 0 Å². The summed E-state index contributed by atoms with van der Waals surface area (Å²) in [5, 5.41) is 12.5. The second-order valence-electron chi connectivity index (χ2n) is 7.21. The lowest BCUT2D eigenvalue weighted by atomic mass is 10.1. The van der Waals surface area contributed by atoms with E-state index in [2.05, 4.69) is 30.5 Å². The van der Waals surface area contributed by atoms with E-state index in [1.807, 2.05) is 49.1 Å². The quantitative estimate of drug-likeness (QED) is 0.567. The third kappa shape index (κ3) is 2.75. The molecule has 0 spiro atoms. The molecule has 28 heavy (non-hydrogen) atoms. The Morgan fingerprint density at radius 3 is 3.04 bits per heavy atom. The van der Waals surface area contributed by atoms with Gasteiger partial charge in [-0.3, -0.25) is 9.20 Å². The molecule has 1 fully saturated rings. The molecule has 0 radical (unpaired) electrons. The molecule has 5 heterocycles. The van der Waals surface area contributed by atoms with Gasteiger partial charge in [0.15, 0.2) is 5.65 Å². The van der Waals surface area contributed by atoms with E-state index < -0.39 is 0 Å². The molecule has 5 rings (SSSR count). The molecule has 1 atom stereocenters. The fraction of sp³-hybridized carbons (Fsp3) is 0.316. The summed E-state index contributed by atoms with van der Waals surface area (Å²) in [5.74, 6) is 1.60. The van der Waals surface area contributed by atoms with Crippen LogP contribution in [-0.2, 0) is 4.79 Å². The second kappa shape index (κ2) is 6.29. The highest BCUT2D eigenvalue weighted by Gasteiger charge is 2.23. The lowest BCUT2D eigenvalue weighted by molar-refractivity contribution is -0.132. The van der Waals surface area contributed by atoms with Crippen molar-refractivity contribution < 1.29 is 4.79 Å². The van der Waals surface area contributed by atoms with Crippen LogP contribution in [0.2, 0.25) is 0 Å². The summed E-state index contributed by atoms with van der Waals surface area (Å²) in [6, 6.07) is 4.13. The highest BCUT2D eigenvalue weighted by atomic mass is 16.2. The number of likely N-dealkylation sites (tertiary alicyclic amines) is 1. The second-order valence-corrected chi connectivity index (χ2v) is 7.21. The number of carbonyl (C=O) groups is 1. The molecule has 2 N–H and O–H groups in total. The Morgan fingerprint density at radius 2 is 2.18 bits per heavy atom. The zero-order valence-corrected chi connectivity index (χ0v) is 15.7. The van der Waals surface area contributed by atoms with Gasteiger partial charge in [0.2, 0.25) is 11.9 Å². The maximum Gasteiger partial charge on any atom is 0.224 e. The SMILES string of the molecule is Cc1nnc2ccc(-c3c[nH]c4nc(N[C@@H]5CCC(=O)N(C)C5)ncc34)cn12. The molecule has 1 aliphatic heterocycles. The molecule has 1 saturated heterocycles. The van der Waals surface area contributed by atoms with Gasteiger partial charge in [-0.1, -0.05) is 0 Å². The lowest BCUT2D eigenvalue weighted by Gasteiger charge is -2.30. The highest BCUT2D eigenvalue weighted by Crippen LogP contribution is 2.28. The van der Waals surface area contributed by atoms with Crippen molar-refractivity contribution in [2.45, 2.75) is 25.8 Å². The third-order valence-electron chi connectivity index (χ3n) is 5.28. The van der Waals surface area contributed by atoms with Crippen LogP contribution < -0.4 is 5.32 Å². The topological polar surface area (TPSA) is 104 Å². The van der Waals surface area contributed by atoms with E-state index in [0.29, 0.717) is 18.9 Å². The molecule has 4 aromatic rings. The molecule has 9 nitrogen and oxygen atoms in total. The summed E-state index contributed by atoms with van der Waals surface area (Å²) in [7, 11) is 1.83.